The van der Waals surface area contributed by atoms with Crippen molar-refractivity contribution in [1.82, 2.24) is 20.2 Å². The van der Waals surface area contributed by atoms with Gasteiger partial charge in [-0.2, -0.15) is 0 Å². The number of carbonyl (C=O) groups is 1. The number of ether oxygens (including phenoxy) is 1. The molecule has 0 aliphatic carbocycles. The van der Waals surface area contributed by atoms with E-state index < -0.39 is 0 Å². The van der Waals surface area contributed by atoms with Crippen molar-refractivity contribution in [3.8, 4) is 5.75 Å². The molecule has 0 saturated carbocycles. The van der Waals surface area contributed by atoms with Crippen molar-refractivity contribution in [2.24, 2.45) is 0 Å². The second kappa shape index (κ2) is 11.2. The molecule has 2 unspecified atom stereocenters. The predicted molar refractivity (Wildman–Crippen MR) is 124 cm³/mol. The number of nitrogens with zero attached hydrogens (tertiary/aromatic N) is 2. The third kappa shape index (κ3) is 5.65. The van der Waals surface area contributed by atoms with Gasteiger partial charge in [0.1, 0.15) is 24.7 Å². The van der Waals surface area contributed by atoms with Crippen molar-refractivity contribution in [2.75, 3.05) is 6.54 Å². The number of aromatic nitrogens is 2. The fraction of sp³-hybridized carbons (Fsp3) is 0.364. The molecule has 0 spiro atoms. The lowest BCUT2D eigenvalue weighted by Gasteiger charge is -2.30. The van der Waals surface area contributed by atoms with E-state index >= 15 is 0 Å². The Hall–Kier alpha value is -2.28. The molecule has 4 rings (SSSR count). The second-order valence-electron chi connectivity index (χ2n) is 7.26. The van der Waals surface area contributed by atoms with Gasteiger partial charge in [0.05, 0.1) is 11.0 Å². The van der Waals surface area contributed by atoms with Crippen molar-refractivity contribution >= 4 is 41.8 Å². The molecule has 1 amide bonds. The smallest absolute Gasteiger partial charge is 0.240 e. The standard InChI is InChI=1S/C22H26N4O2.2ClH/c1-16-18(11-7-13-23-16)25-22(27)14-26-20-12-6-5-10-19(20)24-21(26)15-28-17-8-3-2-4-9-17;;/h2-6,8-10,12,16,18,23H,7,11,13-15H2,1H3,(H,25,27);2*1H. The number of imidazole rings is 1. The van der Waals surface area contributed by atoms with E-state index in [1.54, 1.807) is 0 Å². The number of rotatable bonds is 6. The molecule has 0 bridgehead atoms. The summed E-state index contributed by atoms with van der Waals surface area (Å²) in [6.45, 7) is 3.68. The molecule has 8 heteroatoms. The maximum absolute atomic E-state index is 12.8. The third-order valence-corrected chi connectivity index (χ3v) is 5.25. The number of benzene rings is 2. The molecule has 1 fully saturated rings. The summed E-state index contributed by atoms with van der Waals surface area (Å²) in [5.74, 6) is 1.53. The van der Waals surface area contributed by atoms with Crippen LogP contribution >= 0.6 is 24.8 Å². The van der Waals surface area contributed by atoms with Crippen LogP contribution in [0.5, 0.6) is 5.75 Å². The predicted octanol–water partition coefficient (Wildman–Crippen LogP) is 3.72. The topological polar surface area (TPSA) is 68.2 Å². The first-order valence-electron chi connectivity index (χ1n) is 9.85. The van der Waals surface area contributed by atoms with E-state index in [2.05, 4.69) is 22.5 Å². The van der Waals surface area contributed by atoms with Crippen LogP contribution < -0.4 is 15.4 Å². The molecule has 6 nitrogen and oxygen atoms in total. The molecule has 1 aromatic heterocycles. The Morgan fingerprint density at radius 1 is 1.17 bits per heavy atom. The minimum Gasteiger partial charge on any atom is -0.486 e. The summed E-state index contributed by atoms with van der Waals surface area (Å²) in [6, 6.07) is 18.0. The van der Waals surface area contributed by atoms with Gasteiger partial charge >= 0.3 is 0 Å². The lowest BCUT2D eigenvalue weighted by molar-refractivity contribution is -0.122. The number of carbonyl (C=O) groups excluding carboxylic acids is 1. The lowest BCUT2D eigenvalue weighted by atomic mass is 10.00. The quantitative estimate of drug-likeness (QED) is 0.600. The number of amides is 1. The monoisotopic (exact) mass is 450 g/mol. The largest absolute Gasteiger partial charge is 0.486 e. The van der Waals surface area contributed by atoms with Crippen LogP contribution in [0.15, 0.2) is 54.6 Å². The number of hydrogen-bond acceptors (Lipinski definition) is 4. The van der Waals surface area contributed by atoms with Crippen LogP contribution in [0.25, 0.3) is 11.0 Å². The van der Waals surface area contributed by atoms with Crippen LogP contribution in [0.2, 0.25) is 0 Å². The zero-order valence-electron chi connectivity index (χ0n) is 16.9. The summed E-state index contributed by atoms with van der Waals surface area (Å²) >= 11 is 0. The number of halogens is 2. The summed E-state index contributed by atoms with van der Waals surface area (Å²) < 4.78 is 7.84. The molecular weight excluding hydrogens is 423 g/mol. The van der Waals surface area contributed by atoms with Gasteiger partial charge in [0.25, 0.3) is 0 Å². The fourth-order valence-electron chi connectivity index (χ4n) is 3.71. The SMILES string of the molecule is CC1NCCCC1NC(=O)Cn1c(COc2ccccc2)nc2ccccc21.Cl.Cl. The van der Waals surface area contributed by atoms with Gasteiger partial charge in [-0.05, 0) is 50.6 Å². The van der Waals surface area contributed by atoms with Crippen LogP contribution in [-0.4, -0.2) is 34.1 Å². The Kier molecular flexibility index (Phi) is 8.96. The highest BCUT2D eigenvalue weighted by molar-refractivity contribution is 5.85. The average Bonchev–Trinajstić information content (AvgIpc) is 3.06. The van der Waals surface area contributed by atoms with Gasteiger partial charge in [0.15, 0.2) is 0 Å². The Morgan fingerprint density at radius 3 is 2.67 bits per heavy atom. The van der Waals surface area contributed by atoms with E-state index in [1.807, 2.05) is 59.2 Å². The zero-order chi connectivity index (χ0) is 19.3. The molecule has 1 saturated heterocycles. The summed E-state index contributed by atoms with van der Waals surface area (Å²) in [6.07, 6.45) is 2.09. The molecule has 162 valence electrons. The highest BCUT2D eigenvalue weighted by Crippen LogP contribution is 2.18. The van der Waals surface area contributed by atoms with Gasteiger partial charge in [-0.15, -0.1) is 24.8 Å². The van der Waals surface area contributed by atoms with Crippen molar-refractivity contribution in [2.45, 2.75) is 45.0 Å². The van der Waals surface area contributed by atoms with Crippen LogP contribution in [-0.2, 0) is 17.9 Å². The minimum atomic E-state index is 0. The average molecular weight is 451 g/mol. The van der Waals surface area contributed by atoms with Crippen LogP contribution in [0.4, 0.5) is 0 Å². The first-order valence-corrected chi connectivity index (χ1v) is 9.85. The number of nitrogens with one attached hydrogen (secondary N) is 2. The summed E-state index contributed by atoms with van der Waals surface area (Å²) in [5, 5.41) is 6.60. The Balaban J connectivity index is 0.00000160. The van der Waals surface area contributed by atoms with Gasteiger partial charge in [0, 0.05) is 12.1 Å². The molecule has 2 N–H and O–H groups in total. The van der Waals surface area contributed by atoms with E-state index in [1.165, 1.54) is 0 Å². The highest BCUT2D eigenvalue weighted by Gasteiger charge is 2.23. The Labute approximate surface area is 189 Å². The summed E-state index contributed by atoms with van der Waals surface area (Å²) in [7, 11) is 0. The maximum atomic E-state index is 12.8. The van der Waals surface area contributed by atoms with Crippen molar-refractivity contribution in [1.29, 1.82) is 0 Å². The Bertz CT molecular complexity index is 949. The van der Waals surface area contributed by atoms with Crippen LogP contribution in [0.1, 0.15) is 25.6 Å². The highest BCUT2D eigenvalue weighted by atomic mass is 35.5. The molecule has 1 aliphatic rings. The molecule has 30 heavy (non-hydrogen) atoms. The number of para-hydroxylation sites is 3. The van der Waals surface area contributed by atoms with Gasteiger partial charge in [-0.1, -0.05) is 30.3 Å². The van der Waals surface area contributed by atoms with E-state index in [0.717, 1.165) is 42.0 Å². The lowest BCUT2D eigenvalue weighted by Crippen LogP contribution is -2.52. The van der Waals surface area contributed by atoms with Gasteiger partial charge in [-0.3, -0.25) is 4.79 Å². The van der Waals surface area contributed by atoms with Gasteiger partial charge < -0.3 is 19.9 Å². The summed E-state index contributed by atoms with van der Waals surface area (Å²) in [4.78, 5) is 17.5. The molecule has 2 heterocycles. The zero-order valence-corrected chi connectivity index (χ0v) is 18.5. The Morgan fingerprint density at radius 2 is 1.90 bits per heavy atom. The molecule has 3 aromatic rings. The van der Waals surface area contributed by atoms with Gasteiger partial charge in [0.2, 0.25) is 5.91 Å². The molecular formula is C22H28Cl2N4O2. The molecule has 2 atom stereocenters. The number of hydrogen-bond donors (Lipinski definition) is 2. The van der Waals surface area contributed by atoms with Crippen LogP contribution in [0, 0.1) is 0 Å². The first kappa shape index (κ1) is 24.0. The fourth-order valence-corrected chi connectivity index (χ4v) is 3.71. The number of fused-ring (bicyclic) bond motifs is 1. The second-order valence-corrected chi connectivity index (χ2v) is 7.26. The van der Waals surface area contributed by atoms with Crippen molar-refractivity contribution in [3.63, 3.8) is 0 Å². The van der Waals surface area contributed by atoms with E-state index in [0.29, 0.717) is 6.61 Å². The maximum Gasteiger partial charge on any atom is 0.240 e. The van der Waals surface area contributed by atoms with E-state index in [9.17, 15) is 4.79 Å². The molecule has 0 radical (unpaired) electrons. The molecule has 1 aliphatic heterocycles. The van der Waals surface area contributed by atoms with Crippen molar-refractivity contribution in [3.05, 3.63) is 60.4 Å². The van der Waals surface area contributed by atoms with E-state index in [-0.39, 0.29) is 49.3 Å². The molecule has 2 aromatic carbocycles. The summed E-state index contributed by atoms with van der Waals surface area (Å²) in [5.41, 5.74) is 1.81. The third-order valence-electron chi connectivity index (χ3n) is 5.25. The normalized spacial score (nSPS) is 18.2. The minimum absolute atomic E-state index is 0. The van der Waals surface area contributed by atoms with Gasteiger partial charge in [-0.25, -0.2) is 4.98 Å². The van der Waals surface area contributed by atoms with Crippen LogP contribution in [0.3, 0.4) is 0 Å². The van der Waals surface area contributed by atoms with Crippen molar-refractivity contribution < 1.29 is 9.53 Å². The van der Waals surface area contributed by atoms with E-state index in [4.69, 9.17) is 4.74 Å². The number of piperidine rings is 1. The first-order chi connectivity index (χ1) is 13.7.